The first-order valence-corrected chi connectivity index (χ1v) is 15.7. The first-order valence-electron chi connectivity index (χ1n) is 14.2. The van der Waals surface area contributed by atoms with Crippen molar-refractivity contribution in [1.29, 1.82) is 0 Å². The number of halogens is 4. The maximum atomic E-state index is 12.2. The van der Waals surface area contributed by atoms with Crippen LogP contribution in [0.2, 0.25) is 20.1 Å². The average molecular weight is 684 g/mol. The van der Waals surface area contributed by atoms with Gasteiger partial charge in [-0.3, -0.25) is 19.2 Å². The number of carbonyl (C=O) groups is 4. The van der Waals surface area contributed by atoms with Gasteiger partial charge in [0.2, 0.25) is 11.8 Å². The minimum absolute atomic E-state index is 0.0709. The second-order valence-corrected chi connectivity index (χ2v) is 11.9. The van der Waals surface area contributed by atoms with Crippen molar-refractivity contribution in [2.75, 3.05) is 32.8 Å². The van der Waals surface area contributed by atoms with Gasteiger partial charge in [-0.05, 0) is 80.2 Å². The number of hydrogen-bond donors (Lipinski definition) is 1. The van der Waals surface area contributed by atoms with Crippen molar-refractivity contribution in [2.45, 2.75) is 32.6 Å². The summed E-state index contributed by atoms with van der Waals surface area (Å²) < 4.78 is 5.02. The smallest absolute Gasteiger partial charge is 0.309 e. The molecule has 2 aromatic carbocycles. The van der Waals surface area contributed by atoms with E-state index in [-0.39, 0.29) is 29.6 Å². The van der Waals surface area contributed by atoms with Crippen molar-refractivity contribution in [3.63, 3.8) is 0 Å². The molecule has 4 rings (SSSR count). The number of piperidine rings is 2. The Bertz CT molecular complexity index is 1400. The third-order valence-electron chi connectivity index (χ3n) is 7.31. The molecule has 0 aromatic heterocycles. The van der Waals surface area contributed by atoms with E-state index in [1.807, 2.05) is 0 Å². The van der Waals surface area contributed by atoms with E-state index in [0.29, 0.717) is 78.6 Å². The summed E-state index contributed by atoms with van der Waals surface area (Å²) >= 11 is 23.5. The van der Waals surface area contributed by atoms with Crippen LogP contribution in [0, 0.1) is 11.8 Å². The molecule has 2 fully saturated rings. The molecule has 0 saturated carbocycles. The largest absolute Gasteiger partial charge is 0.481 e. The Balaban J connectivity index is 0.000000241. The van der Waals surface area contributed by atoms with E-state index < -0.39 is 5.97 Å². The fourth-order valence-corrected chi connectivity index (χ4v) is 5.33. The van der Waals surface area contributed by atoms with Gasteiger partial charge >= 0.3 is 11.9 Å². The molecule has 44 heavy (non-hydrogen) atoms. The maximum absolute atomic E-state index is 12.2. The fraction of sp³-hybridized carbons (Fsp3) is 0.375. The van der Waals surface area contributed by atoms with Crippen LogP contribution >= 0.6 is 46.4 Å². The second-order valence-electron chi connectivity index (χ2n) is 10.3. The van der Waals surface area contributed by atoms with Crippen LogP contribution < -0.4 is 0 Å². The van der Waals surface area contributed by atoms with Crippen molar-refractivity contribution >= 4 is 82.3 Å². The first-order chi connectivity index (χ1) is 21.0. The van der Waals surface area contributed by atoms with Gasteiger partial charge in [0.25, 0.3) is 0 Å². The Labute approximate surface area is 277 Å². The van der Waals surface area contributed by atoms with Crippen LogP contribution in [0.1, 0.15) is 43.7 Å². The molecule has 8 nitrogen and oxygen atoms in total. The Morgan fingerprint density at radius 3 is 1.50 bits per heavy atom. The number of hydrogen-bond acceptors (Lipinski definition) is 5. The van der Waals surface area contributed by atoms with Gasteiger partial charge in [-0.25, -0.2) is 0 Å². The zero-order valence-corrected chi connectivity index (χ0v) is 27.2. The summed E-state index contributed by atoms with van der Waals surface area (Å²) in [5.41, 5.74) is 1.60. The lowest BCUT2D eigenvalue weighted by molar-refractivity contribution is -0.150. The van der Waals surface area contributed by atoms with E-state index in [0.717, 1.165) is 11.1 Å². The van der Waals surface area contributed by atoms with Crippen molar-refractivity contribution in [2.24, 2.45) is 11.8 Å². The molecule has 236 valence electrons. The number of benzene rings is 2. The molecule has 0 bridgehead atoms. The molecule has 2 aliphatic heterocycles. The van der Waals surface area contributed by atoms with Gasteiger partial charge in [0.1, 0.15) is 0 Å². The lowest BCUT2D eigenvalue weighted by Gasteiger charge is -2.30. The lowest BCUT2D eigenvalue weighted by atomic mass is 9.97. The summed E-state index contributed by atoms with van der Waals surface area (Å²) in [5.74, 6) is -1.58. The highest BCUT2D eigenvalue weighted by molar-refractivity contribution is 6.42. The zero-order chi connectivity index (χ0) is 32.2. The highest BCUT2D eigenvalue weighted by Crippen LogP contribution is 2.25. The molecule has 0 spiro atoms. The van der Waals surface area contributed by atoms with Crippen molar-refractivity contribution in [3.05, 3.63) is 79.8 Å². The third-order valence-corrected chi connectivity index (χ3v) is 8.78. The van der Waals surface area contributed by atoms with Crippen molar-refractivity contribution in [1.82, 2.24) is 9.80 Å². The van der Waals surface area contributed by atoms with Gasteiger partial charge in [-0.15, -0.1) is 0 Å². The predicted molar refractivity (Wildman–Crippen MR) is 174 cm³/mol. The molecule has 2 aliphatic rings. The van der Waals surface area contributed by atoms with E-state index in [4.69, 9.17) is 56.2 Å². The SMILES string of the molecule is CCOC(=O)C1CCN(C(=O)/C=C/c2ccc(Cl)c(Cl)c2)CC1.O=C(O)C1CCN(C(=O)/C=C/c2ccc(Cl)c(Cl)c2)CC1. The van der Waals surface area contributed by atoms with Crippen LogP contribution in [-0.2, 0) is 23.9 Å². The number of ether oxygens (including phenoxy) is 1. The number of carbonyl (C=O) groups excluding carboxylic acids is 3. The molecule has 2 heterocycles. The summed E-state index contributed by atoms with van der Waals surface area (Å²) in [5, 5.41) is 10.8. The topological polar surface area (TPSA) is 104 Å². The zero-order valence-electron chi connectivity index (χ0n) is 24.2. The second kappa shape index (κ2) is 17.4. The number of aliphatic carboxylic acids is 1. The minimum Gasteiger partial charge on any atom is -0.481 e. The fourth-order valence-electron chi connectivity index (χ4n) is 4.72. The number of carboxylic acid groups (broad SMARTS) is 1. The van der Waals surface area contributed by atoms with Gasteiger partial charge in [0, 0.05) is 38.3 Å². The normalized spacial score (nSPS) is 16.1. The van der Waals surface area contributed by atoms with Gasteiger partial charge in [-0.2, -0.15) is 0 Å². The summed E-state index contributed by atoms with van der Waals surface area (Å²) in [6, 6.07) is 10.3. The monoisotopic (exact) mass is 682 g/mol. The van der Waals surface area contributed by atoms with Crippen LogP contribution in [0.4, 0.5) is 0 Å². The molecular formula is C32H34Cl4N2O6. The van der Waals surface area contributed by atoms with E-state index in [1.165, 1.54) is 12.2 Å². The number of carboxylic acids is 1. The highest BCUT2D eigenvalue weighted by Gasteiger charge is 2.28. The average Bonchev–Trinajstić information content (AvgIpc) is 3.02. The Morgan fingerprint density at radius 1 is 0.727 bits per heavy atom. The van der Waals surface area contributed by atoms with Crippen LogP contribution in [-0.4, -0.2) is 71.4 Å². The molecule has 2 amide bonds. The summed E-state index contributed by atoms with van der Waals surface area (Å²) in [6.07, 6.45) is 8.67. The standard InChI is InChI=1S/C17H19Cl2NO3.C15H15Cl2NO3/c1-2-23-17(22)13-7-9-20(10-8-13)16(21)6-4-12-3-5-14(18)15(19)11-12;16-12-3-1-10(9-13(12)17)2-4-14(19)18-7-5-11(6-8-18)15(20)21/h3-6,11,13H,2,7-10H2,1H3;1-4,9,11H,5-8H2,(H,20,21)/b6-4+;4-2+. The maximum Gasteiger partial charge on any atom is 0.309 e. The lowest BCUT2D eigenvalue weighted by Crippen LogP contribution is -2.39. The predicted octanol–water partition coefficient (Wildman–Crippen LogP) is 7.14. The Kier molecular flexibility index (Phi) is 14.1. The molecule has 0 atom stereocenters. The third kappa shape index (κ3) is 10.8. The minimum atomic E-state index is -0.784. The molecule has 2 aromatic rings. The van der Waals surface area contributed by atoms with Crippen LogP contribution in [0.3, 0.4) is 0 Å². The summed E-state index contributed by atoms with van der Waals surface area (Å²) in [7, 11) is 0. The Morgan fingerprint density at radius 2 is 1.14 bits per heavy atom. The van der Waals surface area contributed by atoms with Crippen LogP contribution in [0.25, 0.3) is 12.2 Å². The number of likely N-dealkylation sites (tertiary alicyclic amines) is 2. The summed E-state index contributed by atoms with van der Waals surface area (Å²) in [6.45, 7) is 4.26. The number of amides is 2. The molecular weight excluding hydrogens is 650 g/mol. The van der Waals surface area contributed by atoms with E-state index in [2.05, 4.69) is 0 Å². The molecule has 0 aliphatic carbocycles. The van der Waals surface area contributed by atoms with E-state index in [1.54, 1.807) is 65.3 Å². The molecule has 2 saturated heterocycles. The molecule has 1 N–H and O–H groups in total. The number of esters is 1. The van der Waals surface area contributed by atoms with Crippen molar-refractivity contribution < 1.29 is 29.0 Å². The number of nitrogens with zero attached hydrogens (tertiary/aromatic N) is 2. The first kappa shape index (κ1) is 35.4. The quantitative estimate of drug-likeness (QED) is 0.246. The van der Waals surface area contributed by atoms with Crippen LogP contribution in [0.15, 0.2) is 48.6 Å². The highest BCUT2D eigenvalue weighted by atomic mass is 35.5. The van der Waals surface area contributed by atoms with Gasteiger partial charge < -0.3 is 19.6 Å². The molecule has 12 heteroatoms. The van der Waals surface area contributed by atoms with Crippen LogP contribution in [0.5, 0.6) is 0 Å². The Hall–Kier alpha value is -3.04. The van der Waals surface area contributed by atoms with E-state index >= 15 is 0 Å². The van der Waals surface area contributed by atoms with E-state index in [9.17, 15) is 19.2 Å². The van der Waals surface area contributed by atoms with Gasteiger partial charge in [-0.1, -0.05) is 58.5 Å². The van der Waals surface area contributed by atoms with Crippen molar-refractivity contribution in [3.8, 4) is 0 Å². The summed E-state index contributed by atoms with van der Waals surface area (Å²) in [4.78, 5) is 50.2. The van der Waals surface area contributed by atoms with Gasteiger partial charge in [0.15, 0.2) is 0 Å². The number of rotatable bonds is 7. The molecule has 0 unspecified atom stereocenters. The van der Waals surface area contributed by atoms with Gasteiger partial charge in [0.05, 0.1) is 38.5 Å². The molecule has 0 radical (unpaired) electrons.